The van der Waals surface area contributed by atoms with Crippen LogP contribution in [0.15, 0.2) is 54.6 Å². The largest absolute Gasteiger partial charge is 0.361 e. The van der Waals surface area contributed by atoms with Gasteiger partial charge in [0.1, 0.15) is 11.6 Å². The van der Waals surface area contributed by atoms with Gasteiger partial charge < -0.3 is 20.4 Å². The third-order valence-corrected chi connectivity index (χ3v) is 9.14. The van der Waals surface area contributed by atoms with Crippen LogP contribution < -0.4 is 20.4 Å². The molecule has 2 aromatic carbocycles. The molecule has 204 valence electrons. The molecule has 0 spiro atoms. The highest BCUT2D eigenvalue weighted by atomic mass is 35.5. The molecule has 39 heavy (non-hydrogen) atoms. The van der Waals surface area contributed by atoms with E-state index in [9.17, 15) is 0 Å². The van der Waals surface area contributed by atoms with Crippen LogP contribution in [-0.2, 0) is 18.5 Å². The number of anilines is 3. The highest BCUT2D eigenvalue weighted by molar-refractivity contribution is 7.80. The zero-order valence-corrected chi connectivity index (χ0v) is 24.2. The molecule has 0 radical (unpaired) electrons. The topological polar surface area (TPSA) is 56.3 Å². The van der Waals surface area contributed by atoms with Gasteiger partial charge in [-0.05, 0) is 72.6 Å². The van der Waals surface area contributed by atoms with Gasteiger partial charge >= 0.3 is 0 Å². The molecule has 1 atom stereocenters. The van der Waals surface area contributed by atoms with E-state index in [1.807, 2.05) is 12.1 Å². The SMILES string of the molecule is C[C@H]1CCCN(c2cc(N3Cc4ccccc4C3)nc(NC(=S)NCC3(c4cccc(Cl)c4)CCCC3)n2)C1. The second-order valence-electron chi connectivity index (χ2n) is 11.5. The van der Waals surface area contributed by atoms with Crippen molar-refractivity contribution in [3.05, 3.63) is 76.3 Å². The van der Waals surface area contributed by atoms with Crippen LogP contribution in [0.25, 0.3) is 0 Å². The van der Waals surface area contributed by atoms with E-state index in [-0.39, 0.29) is 5.41 Å². The van der Waals surface area contributed by atoms with E-state index < -0.39 is 0 Å². The number of piperidine rings is 1. The van der Waals surface area contributed by atoms with Gasteiger partial charge in [0, 0.05) is 49.2 Å². The molecule has 2 fully saturated rings. The maximum absolute atomic E-state index is 6.36. The fourth-order valence-corrected chi connectivity index (χ4v) is 6.88. The number of rotatable bonds is 6. The Kier molecular flexibility index (Phi) is 7.63. The summed E-state index contributed by atoms with van der Waals surface area (Å²) in [5.74, 6) is 3.11. The summed E-state index contributed by atoms with van der Waals surface area (Å²) in [4.78, 5) is 14.6. The number of hydrogen-bond acceptors (Lipinski definition) is 5. The van der Waals surface area contributed by atoms with Crippen molar-refractivity contribution in [1.29, 1.82) is 0 Å². The maximum Gasteiger partial charge on any atom is 0.232 e. The van der Waals surface area contributed by atoms with Crippen molar-refractivity contribution in [2.45, 2.75) is 64.0 Å². The molecule has 8 heteroatoms. The monoisotopic (exact) mass is 560 g/mol. The van der Waals surface area contributed by atoms with Gasteiger partial charge in [-0.15, -0.1) is 0 Å². The molecule has 1 aliphatic carbocycles. The number of halogens is 1. The molecule has 1 saturated carbocycles. The van der Waals surface area contributed by atoms with Crippen molar-refractivity contribution in [3.8, 4) is 0 Å². The predicted molar refractivity (Wildman–Crippen MR) is 165 cm³/mol. The molecule has 0 unspecified atom stereocenters. The van der Waals surface area contributed by atoms with Crippen molar-refractivity contribution >= 4 is 46.5 Å². The summed E-state index contributed by atoms with van der Waals surface area (Å²) in [5, 5.41) is 8.20. The lowest BCUT2D eigenvalue weighted by atomic mass is 9.79. The number of nitrogens with one attached hydrogen (secondary N) is 2. The van der Waals surface area contributed by atoms with Gasteiger partial charge in [-0.2, -0.15) is 9.97 Å². The van der Waals surface area contributed by atoms with E-state index in [1.54, 1.807) is 0 Å². The molecular weight excluding hydrogens is 524 g/mol. The second-order valence-corrected chi connectivity index (χ2v) is 12.4. The summed E-state index contributed by atoms with van der Waals surface area (Å²) in [5.41, 5.74) is 4.05. The first kappa shape index (κ1) is 26.3. The number of nitrogens with zero attached hydrogens (tertiary/aromatic N) is 4. The van der Waals surface area contributed by atoms with Gasteiger partial charge in [-0.1, -0.05) is 67.8 Å². The Hall–Kier alpha value is -2.90. The number of hydrogen-bond donors (Lipinski definition) is 2. The summed E-state index contributed by atoms with van der Waals surface area (Å²) < 4.78 is 0. The molecule has 1 saturated heterocycles. The highest BCUT2D eigenvalue weighted by Gasteiger charge is 2.36. The number of thiocarbonyl (C=S) groups is 1. The molecule has 3 aliphatic rings. The third-order valence-electron chi connectivity index (χ3n) is 8.66. The minimum Gasteiger partial charge on any atom is -0.361 e. The van der Waals surface area contributed by atoms with E-state index >= 15 is 0 Å². The zero-order valence-electron chi connectivity index (χ0n) is 22.6. The average molecular weight is 561 g/mol. The summed E-state index contributed by atoms with van der Waals surface area (Å²) in [6, 6.07) is 19.1. The maximum atomic E-state index is 6.36. The van der Waals surface area contributed by atoms with Gasteiger partial charge in [0.25, 0.3) is 0 Å². The first-order chi connectivity index (χ1) is 19.0. The lowest BCUT2D eigenvalue weighted by molar-refractivity contribution is 0.435. The Bertz CT molecular complexity index is 1320. The zero-order chi connectivity index (χ0) is 26.8. The van der Waals surface area contributed by atoms with Gasteiger partial charge in [0.05, 0.1) is 0 Å². The van der Waals surface area contributed by atoms with E-state index in [0.29, 0.717) is 17.0 Å². The van der Waals surface area contributed by atoms with Crippen molar-refractivity contribution in [2.75, 3.05) is 34.8 Å². The highest BCUT2D eigenvalue weighted by Crippen LogP contribution is 2.41. The minimum absolute atomic E-state index is 0.0375. The molecule has 1 aromatic heterocycles. The fraction of sp³-hybridized carbons (Fsp3) is 0.452. The first-order valence-electron chi connectivity index (χ1n) is 14.2. The Morgan fingerprint density at radius 3 is 2.38 bits per heavy atom. The number of benzene rings is 2. The molecule has 6 rings (SSSR count). The molecule has 2 aliphatic heterocycles. The van der Waals surface area contributed by atoms with Crippen LogP contribution in [0.5, 0.6) is 0 Å². The normalized spacial score (nSPS) is 20.1. The quantitative estimate of drug-likeness (QED) is 0.326. The van der Waals surface area contributed by atoms with Crippen molar-refractivity contribution in [3.63, 3.8) is 0 Å². The molecule has 3 aromatic rings. The molecule has 2 N–H and O–H groups in total. The standard InChI is InChI=1S/C31H37ClN6S/c1-22-8-7-15-37(18-22)27-17-28(38-19-23-9-2-3-10-24(23)20-38)35-29(34-27)36-30(39)33-21-31(13-4-5-14-31)25-11-6-12-26(32)16-25/h2-3,6,9-12,16-17,22H,4-5,7-8,13-15,18-21H2,1H3,(H2,33,34,35,36,39)/t22-/m0/s1. The van der Waals surface area contributed by atoms with E-state index in [4.69, 9.17) is 33.8 Å². The van der Waals surface area contributed by atoms with Crippen molar-refractivity contribution in [1.82, 2.24) is 15.3 Å². The Morgan fingerprint density at radius 2 is 1.69 bits per heavy atom. The predicted octanol–water partition coefficient (Wildman–Crippen LogP) is 6.68. The van der Waals surface area contributed by atoms with Gasteiger partial charge in [0.2, 0.25) is 5.95 Å². The van der Waals surface area contributed by atoms with Crippen LogP contribution in [0.2, 0.25) is 5.02 Å². The van der Waals surface area contributed by atoms with Crippen LogP contribution in [0.1, 0.15) is 62.1 Å². The lowest BCUT2D eigenvalue weighted by Crippen LogP contribution is -2.41. The third kappa shape index (κ3) is 5.85. The van der Waals surface area contributed by atoms with Gasteiger partial charge in [-0.25, -0.2) is 0 Å². The fourth-order valence-electron chi connectivity index (χ4n) is 6.53. The van der Waals surface area contributed by atoms with Crippen molar-refractivity contribution < 1.29 is 0 Å². The number of aromatic nitrogens is 2. The van der Waals surface area contributed by atoms with Crippen LogP contribution in [0, 0.1) is 5.92 Å². The molecule has 0 bridgehead atoms. The Labute approximate surface area is 242 Å². The van der Waals surface area contributed by atoms with Crippen molar-refractivity contribution in [2.24, 2.45) is 5.92 Å². The Morgan fingerprint density at radius 1 is 0.974 bits per heavy atom. The molecule has 0 amide bonds. The van der Waals surface area contributed by atoms with Crippen LogP contribution in [-0.4, -0.2) is 34.7 Å². The first-order valence-corrected chi connectivity index (χ1v) is 15.0. The smallest absolute Gasteiger partial charge is 0.232 e. The van der Waals surface area contributed by atoms with Gasteiger partial charge in [0.15, 0.2) is 5.11 Å². The average Bonchev–Trinajstić information content (AvgIpc) is 3.60. The second kappa shape index (κ2) is 11.3. The lowest BCUT2D eigenvalue weighted by Gasteiger charge is -2.33. The Balaban J connectivity index is 1.21. The summed E-state index contributed by atoms with van der Waals surface area (Å²) in [6.07, 6.45) is 7.14. The van der Waals surface area contributed by atoms with E-state index in [2.05, 4.69) is 69.8 Å². The summed E-state index contributed by atoms with van der Waals surface area (Å²) in [7, 11) is 0. The van der Waals surface area contributed by atoms with Gasteiger partial charge in [-0.3, -0.25) is 0 Å². The summed E-state index contributed by atoms with van der Waals surface area (Å²) in [6.45, 7) is 6.83. The van der Waals surface area contributed by atoms with E-state index in [0.717, 1.165) is 62.2 Å². The van der Waals surface area contributed by atoms with Crippen LogP contribution >= 0.6 is 23.8 Å². The van der Waals surface area contributed by atoms with Crippen LogP contribution in [0.4, 0.5) is 17.6 Å². The minimum atomic E-state index is 0.0375. The van der Waals surface area contributed by atoms with Crippen LogP contribution in [0.3, 0.4) is 0 Å². The van der Waals surface area contributed by atoms with E-state index in [1.165, 1.54) is 42.4 Å². The molecular formula is C31H37ClN6S. The molecule has 6 nitrogen and oxygen atoms in total. The number of fused-ring (bicyclic) bond motifs is 1. The summed E-state index contributed by atoms with van der Waals surface area (Å²) >= 11 is 12.2. The molecule has 3 heterocycles.